The number of hydrogen-bond acceptors (Lipinski definition) is 2. The fraction of sp³-hybridized carbons (Fsp3) is 0.533. The molecule has 0 aliphatic carbocycles. The van der Waals surface area contributed by atoms with Gasteiger partial charge in [0.1, 0.15) is 0 Å². The first kappa shape index (κ1) is 13.1. The van der Waals surface area contributed by atoms with Crippen LogP contribution in [0.25, 0.3) is 0 Å². The van der Waals surface area contributed by atoms with Gasteiger partial charge < -0.3 is 10.0 Å². The van der Waals surface area contributed by atoms with Gasteiger partial charge in [-0.1, -0.05) is 43.7 Å². The Kier molecular flexibility index (Phi) is 4.37. The second-order valence-electron chi connectivity index (χ2n) is 5.04. The molecule has 1 saturated heterocycles. The van der Waals surface area contributed by atoms with E-state index in [2.05, 4.69) is 19.1 Å². The van der Waals surface area contributed by atoms with E-state index >= 15 is 0 Å². The fourth-order valence-corrected chi connectivity index (χ4v) is 2.65. The highest BCUT2D eigenvalue weighted by Crippen LogP contribution is 2.20. The summed E-state index contributed by atoms with van der Waals surface area (Å²) in [6.45, 7) is 2.63. The van der Waals surface area contributed by atoms with E-state index in [1.807, 2.05) is 23.1 Å². The molecule has 1 aliphatic heterocycles. The van der Waals surface area contributed by atoms with Crippen LogP contribution >= 0.6 is 0 Å². The zero-order chi connectivity index (χ0) is 13.0. The summed E-state index contributed by atoms with van der Waals surface area (Å²) in [5.74, 6) is 0.0943. The van der Waals surface area contributed by atoms with Gasteiger partial charge in [0.25, 0.3) is 0 Å². The smallest absolute Gasteiger partial charge is 0.225 e. The molecule has 0 saturated carbocycles. The lowest BCUT2D eigenvalue weighted by molar-refractivity contribution is -0.129. The molecule has 1 N–H and O–H groups in total. The van der Waals surface area contributed by atoms with E-state index in [1.165, 1.54) is 5.56 Å². The molecule has 1 aromatic carbocycles. The molecule has 2 rings (SSSR count). The second kappa shape index (κ2) is 6.01. The van der Waals surface area contributed by atoms with Gasteiger partial charge in [0.15, 0.2) is 0 Å². The minimum atomic E-state index is -0.479. The summed E-state index contributed by atoms with van der Waals surface area (Å²) >= 11 is 0. The van der Waals surface area contributed by atoms with Crippen LogP contribution in [-0.2, 0) is 11.2 Å². The number of hydrogen-bond donors (Lipinski definition) is 1. The molecule has 0 bridgehead atoms. The van der Waals surface area contributed by atoms with Gasteiger partial charge in [0.2, 0.25) is 5.91 Å². The van der Waals surface area contributed by atoms with E-state index in [0.29, 0.717) is 6.54 Å². The molecule has 2 atom stereocenters. The first-order chi connectivity index (χ1) is 8.70. The highest BCUT2D eigenvalue weighted by Gasteiger charge is 2.32. The van der Waals surface area contributed by atoms with Crippen LogP contribution in [0.1, 0.15) is 31.7 Å². The molecule has 1 aromatic rings. The number of carbonyl (C=O) groups excluding carboxylic acids is 1. The Balaban J connectivity index is 2.06. The molecule has 1 fully saturated rings. The lowest BCUT2D eigenvalue weighted by Gasteiger charge is -2.28. The summed E-state index contributed by atoms with van der Waals surface area (Å²) in [5.41, 5.74) is 1.25. The zero-order valence-corrected chi connectivity index (χ0v) is 10.9. The lowest BCUT2D eigenvalue weighted by Crippen LogP contribution is -2.38. The van der Waals surface area contributed by atoms with Gasteiger partial charge in [0, 0.05) is 12.6 Å². The third-order valence-electron chi connectivity index (χ3n) is 3.51. The molecule has 18 heavy (non-hydrogen) atoms. The fourth-order valence-electron chi connectivity index (χ4n) is 2.65. The molecule has 0 aromatic heterocycles. The van der Waals surface area contributed by atoms with Crippen molar-refractivity contribution < 1.29 is 9.90 Å². The maximum atomic E-state index is 11.9. The summed E-state index contributed by atoms with van der Waals surface area (Å²) in [5, 5.41) is 9.59. The summed E-state index contributed by atoms with van der Waals surface area (Å²) in [6.07, 6.45) is 2.74. The number of aliphatic hydroxyl groups excluding tert-OH is 1. The maximum Gasteiger partial charge on any atom is 0.225 e. The Morgan fingerprint density at radius 2 is 2.11 bits per heavy atom. The summed E-state index contributed by atoms with van der Waals surface area (Å²) in [4.78, 5) is 13.7. The van der Waals surface area contributed by atoms with Crippen molar-refractivity contribution >= 4 is 5.91 Å². The molecule has 2 unspecified atom stereocenters. The number of amides is 1. The normalized spacial score (nSPS) is 21.3. The minimum absolute atomic E-state index is 0.0943. The van der Waals surface area contributed by atoms with Crippen LogP contribution in [0, 0.1) is 0 Å². The largest absolute Gasteiger partial charge is 0.391 e. The quantitative estimate of drug-likeness (QED) is 0.864. The average molecular weight is 247 g/mol. The van der Waals surface area contributed by atoms with E-state index in [1.54, 1.807) is 0 Å². The molecule has 3 heteroatoms. The van der Waals surface area contributed by atoms with Crippen LogP contribution in [0.5, 0.6) is 0 Å². The molecule has 0 spiro atoms. The number of carbonyl (C=O) groups is 1. The molecule has 0 radical (unpaired) electrons. The van der Waals surface area contributed by atoms with Crippen molar-refractivity contribution in [2.45, 2.75) is 44.8 Å². The average Bonchev–Trinajstić information content (AvgIpc) is 2.69. The predicted octanol–water partition coefficient (Wildman–Crippen LogP) is 1.99. The summed E-state index contributed by atoms with van der Waals surface area (Å²) in [7, 11) is 0. The molecular weight excluding hydrogens is 226 g/mol. The van der Waals surface area contributed by atoms with Gasteiger partial charge in [-0.25, -0.2) is 0 Å². The zero-order valence-electron chi connectivity index (χ0n) is 10.9. The van der Waals surface area contributed by atoms with Crippen molar-refractivity contribution in [1.82, 2.24) is 4.90 Å². The topological polar surface area (TPSA) is 40.5 Å². The minimum Gasteiger partial charge on any atom is -0.391 e. The Morgan fingerprint density at radius 3 is 2.67 bits per heavy atom. The van der Waals surface area contributed by atoms with Gasteiger partial charge in [-0.2, -0.15) is 0 Å². The standard InChI is InChI=1S/C15H21NO2/c1-2-6-13(9-12-7-4-3-5-8-12)16-11-14(17)10-15(16)18/h3-5,7-8,13-14,17H,2,6,9-11H2,1H3. The van der Waals surface area contributed by atoms with E-state index < -0.39 is 6.10 Å². The number of benzene rings is 1. The Hall–Kier alpha value is -1.35. The predicted molar refractivity (Wildman–Crippen MR) is 71.2 cm³/mol. The molecule has 1 heterocycles. The maximum absolute atomic E-state index is 11.9. The first-order valence-electron chi connectivity index (χ1n) is 6.72. The molecular formula is C15H21NO2. The SMILES string of the molecule is CCCC(Cc1ccccc1)N1CC(O)CC1=O. The van der Waals surface area contributed by atoms with Crippen molar-refractivity contribution in [2.75, 3.05) is 6.54 Å². The van der Waals surface area contributed by atoms with Crippen LogP contribution in [0.2, 0.25) is 0 Å². The number of rotatable bonds is 5. The summed E-state index contributed by atoms with van der Waals surface area (Å²) < 4.78 is 0. The monoisotopic (exact) mass is 247 g/mol. The van der Waals surface area contributed by atoms with Crippen molar-refractivity contribution in [3.8, 4) is 0 Å². The van der Waals surface area contributed by atoms with Gasteiger partial charge in [-0.15, -0.1) is 0 Å². The van der Waals surface area contributed by atoms with E-state index in [0.717, 1.165) is 19.3 Å². The van der Waals surface area contributed by atoms with E-state index in [4.69, 9.17) is 0 Å². The van der Waals surface area contributed by atoms with Crippen molar-refractivity contribution in [3.05, 3.63) is 35.9 Å². The molecule has 3 nitrogen and oxygen atoms in total. The first-order valence-corrected chi connectivity index (χ1v) is 6.72. The lowest BCUT2D eigenvalue weighted by atomic mass is 10.0. The third-order valence-corrected chi connectivity index (χ3v) is 3.51. The Bertz CT molecular complexity index is 391. The molecule has 1 aliphatic rings. The van der Waals surface area contributed by atoms with Gasteiger partial charge in [0.05, 0.1) is 12.5 Å². The highest BCUT2D eigenvalue weighted by molar-refractivity contribution is 5.79. The van der Waals surface area contributed by atoms with E-state index in [9.17, 15) is 9.90 Å². The van der Waals surface area contributed by atoms with Crippen LogP contribution in [0.3, 0.4) is 0 Å². The van der Waals surface area contributed by atoms with Crippen molar-refractivity contribution in [2.24, 2.45) is 0 Å². The molecule has 1 amide bonds. The summed E-state index contributed by atoms with van der Waals surface area (Å²) in [6, 6.07) is 10.5. The number of β-amino-alcohol motifs (C(OH)–C–C–N with tert-alkyl or cyclic N) is 1. The number of likely N-dealkylation sites (tertiary alicyclic amines) is 1. The molecule has 98 valence electrons. The van der Waals surface area contributed by atoms with Crippen LogP contribution in [0.4, 0.5) is 0 Å². The second-order valence-corrected chi connectivity index (χ2v) is 5.04. The highest BCUT2D eigenvalue weighted by atomic mass is 16.3. The van der Waals surface area contributed by atoms with Crippen LogP contribution < -0.4 is 0 Å². The third kappa shape index (κ3) is 3.10. The van der Waals surface area contributed by atoms with Crippen LogP contribution in [-0.4, -0.2) is 34.6 Å². The Labute approximate surface area is 108 Å². The number of nitrogens with zero attached hydrogens (tertiary/aromatic N) is 1. The number of aliphatic hydroxyl groups is 1. The van der Waals surface area contributed by atoms with Gasteiger partial charge in [-0.05, 0) is 18.4 Å². The van der Waals surface area contributed by atoms with Crippen LogP contribution in [0.15, 0.2) is 30.3 Å². The van der Waals surface area contributed by atoms with Crippen molar-refractivity contribution in [1.29, 1.82) is 0 Å². The Morgan fingerprint density at radius 1 is 1.39 bits per heavy atom. The van der Waals surface area contributed by atoms with Gasteiger partial charge >= 0.3 is 0 Å². The van der Waals surface area contributed by atoms with Gasteiger partial charge in [-0.3, -0.25) is 4.79 Å². The van der Waals surface area contributed by atoms with Crippen molar-refractivity contribution in [3.63, 3.8) is 0 Å². The van der Waals surface area contributed by atoms with E-state index in [-0.39, 0.29) is 18.4 Å².